The molecule has 3 aromatic rings. The van der Waals surface area contributed by atoms with Crippen molar-refractivity contribution < 1.29 is 15.0 Å². The molecule has 6 nitrogen and oxygen atoms in total. The van der Waals surface area contributed by atoms with Gasteiger partial charge in [-0.3, -0.25) is 5.10 Å². The van der Waals surface area contributed by atoms with Gasteiger partial charge < -0.3 is 10.2 Å². The quantitative estimate of drug-likeness (QED) is 0.461. The average molecular weight is 374 g/mol. The van der Waals surface area contributed by atoms with Gasteiger partial charge in [0.1, 0.15) is 10.7 Å². The zero-order chi connectivity index (χ0) is 17.8. The average Bonchev–Trinajstić information content (AvgIpc) is 3.03. The Morgan fingerprint density at radius 1 is 1.20 bits per heavy atom. The van der Waals surface area contributed by atoms with Crippen LogP contribution in [0.25, 0.3) is 17.5 Å². The molecule has 0 spiro atoms. The summed E-state index contributed by atoms with van der Waals surface area (Å²) in [7, 11) is 0. The van der Waals surface area contributed by atoms with Crippen LogP contribution >= 0.6 is 23.4 Å². The van der Waals surface area contributed by atoms with E-state index in [1.54, 1.807) is 36.4 Å². The molecule has 0 aliphatic heterocycles. The first-order valence-electron chi connectivity index (χ1n) is 7.11. The number of hydrogen-bond acceptors (Lipinski definition) is 5. The van der Waals surface area contributed by atoms with Crippen LogP contribution < -0.4 is 0 Å². The summed E-state index contributed by atoms with van der Waals surface area (Å²) in [6.07, 6.45) is 1.45. The second-order valence-corrected chi connectivity index (χ2v) is 6.43. The minimum absolute atomic E-state index is 0.0345. The number of halogens is 1. The lowest BCUT2D eigenvalue weighted by molar-refractivity contribution is -0.131. The van der Waals surface area contributed by atoms with E-state index in [1.807, 2.05) is 0 Å². The van der Waals surface area contributed by atoms with E-state index in [0.717, 1.165) is 17.3 Å². The topological polar surface area (TPSA) is 99.1 Å². The molecule has 1 heterocycles. The maximum atomic E-state index is 11.5. The van der Waals surface area contributed by atoms with Crippen molar-refractivity contribution in [2.75, 3.05) is 0 Å². The van der Waals surface area contributed by atoms with Gasteiger partial charge in [-0.2, -0.15) is 0 Å². The van der Waals surface area contributed by atoms with E-state index < -0.39 is 5.97 Å². The molecule has 2 aromatic carbocycles. The van der Waals surface area contributed by atoms with Crippen LogP contribution in [0.3, 0.4) is 0 Å². The van der Waals surface area contributed by atoms with E-state index in [4.69, 9.17) is 11.6 Å². The highest BCUT2D eigenvalue weighted by Gasteiger charge is 2.14. The molecule has 0 fully saturated rings. The molecule has 0 radical (unpaired) electrons. The molecule has 0 saturated carbocycles. The van der Waals surface area contributed by atoms with Gasteiger partial charge in [-0.05, 0) is 59.8 Å². The number of aliphatic carboxylic acids is 1. The Morgan fingerprint density at radius 3 is 2.64 bits per heavy atom. The summed E-state index contributed by atoms with van der Waals surface area (Å²) in [6.45, 7) is 0. The molecule has 25 heavy (non-hydrogen) atoms. The highest BCUT2D eigenvalue weighted by molar-refractivity contribution is 8.04. The van der Waals surface area contributed by atoms with Gasteiger partial charge in [-0.1, -0.05) is 23.7 Å². The molecular formula is C17H12ClN3O3S. The summed E-state index contributed by atoms with van der Waals surface area (Å²) in [4.78, 5) is 15.8. The van der Waals surface area contributed by atoms with Gasteiger partial charge >= 0.3 is 5.97 Å². The Kier molecular flexibility index (Phi) is 5.06. The lowest BCUT2D eigenvalue weighted by atomic mass is 10.2. The molecule has 126 valence electrons. The molecule has 8 heteroatoms. The van der Waals surface area contributed by atoms with Crippen LogP contribution in [-0.2, 0) is 4.79 Å². The van der Waals surface area contributed by atoms with Gasteiger partial charge in [0.2, 0.25) is 5.16 Å². The number of carbonyl (C=O) groups is 1. The van der Waals surface area contributed by atoms with Crippen LogP contribution in [0.15, 0.2) is 58.6 Å². The number of carboxylic acid groups (broad SMARTS) is 1. The minimum atomic E-state index is -1.11. The van der Waals surface area contributed by atoms with Crippen molar-refractivity contribution in [1.29, 1.82) is 0 Å². The number of aromatic amines is 1. The van der Waals surface area contributed by atoms with Crippen LogP contribution in [0.1, 0.15) is 5.56 Å². The number of carboxylic acids is 1. The summed E-state index contributed by atoms with van der Waals surface area (Å²) < 4.78 is 0. The molecule has 3 rings (SSSR count). The van der Waals surface area contributed by atoms with Gasteiger partial charge in [0.15, 0.2) is 5.82 Å². The molecule has 0 aliphatic rings. The molecular weight excluding hydrogens is 362 g/mol. The number of nitrogens with one attached hydrogen (secondary N) is 1. The number of H-pyrrole nitrogens is 1. The molecule has 0 amide bonds. The van der Waals surface area contributed by atoms with Crippen molar-refractivity contribution in [2.45, 2.75) is 5.16 Å². The van der Waals surface area contributed by atoms with Crippen LogP contribution in [-0.4, -0.2) is 31.4 Å². The number of thioether (sulfide) groups is 1. The van der Waals surface area contributed by atoms with Crippen molar-refractivity contribution in [3.8, 4) is 17.1 Å². The third-order valence-electron chi connectivity index (χ3n) is 3.16. The molecule has 0 atom stereocenters. The SMILES string of the molecule is O=C(O)/C(=C/c1cccc(O)c1)Sc1n[nH]c(-c2ccc(Cl)cc2)n1. The van der Waals surface area contributed by atoms with Crippen molar-refractivity contribution in [1.82, 2.24) is 15.2 Å². The van der Waals surface area contributed by atoms with E-state index in [9.17, 15) is 15.0 Å². The van der Waals surface area contributed by atoms with E-state index in [0.29, 0.717) is 16.4 Å². The Labute approximate surface area is 152 Å². The number of hydrogen-bond donors (Lipinski definition) is 3. The summed E-state index contributed by atoms with van der Waals surface area (Å²) in [5.74, 6) is -0.529. The maximum Gasteiger partial charge on any atom is 0.342 e. The van der Waals surface area contributed by atoms with Gasteiger partial charge in [-0.15, -0.1) is 5.10 Å². The van der Waals surface area contributed by atoms with Crippen LogP contribution in [0.2, 0.25) is 5.02 Å². The largest absolute Gasteiger partial charge is 0.508 e. The Bertz CT molecular complexity index is 938. The monoisotopic (exact) mass is 373 g/mol. The van der Waals surface area contributed by atoms with Crippen molar-refractivity contribution >= 4 is 35.4 Å². The zero-order valence-electron chi connectivity index (χ0n) is 12.7. The Hall–Kier alpha value is -2.77. The predicted octanol–water partition coefficient (Wildman–Crippen LogP) is 4.05. The second kappa shape index (κ2) is 7.42. The summed E-state index contributed by atoms with van der Waals surface area (Å²) in [5, 5.41) is 26.6. The molecule has 1 aromatic heterocycles. The van der Waals surface area contributed by atoms with Crippen LogP contribution in [0.4, 0.5) is 0 Å². The summed E-state index contributed by atoms with van der Waals surface area (Å²) in [5.41, 5.74) is 1.36. The van der Waals surface area contributed by atoms with E-state index in [2.05, 4.69) is 15.2 Å². The highest BCUT2D eigenvalue weighted by Crippen LogP contribution is 2.28. The fourth-order valence-corrected chi connectivity index (χ4v) is 2.86. The van der Waals surface area contributed by atoms with Crippen molar-refractivity contribution in [3.05, 3.63) is 64.0 Å². The normalized spacial score (nSPS) is 11.5. The van der Waals surface area contributed by atoms with Gasteiger partial charge in [-0.25, -0.2) is 9.78 Å². The van der Waals surface area contributed by atoms with Crippen LogP contribution in [0.5, 0.6) is 5.75 Å². The second-order valence-electron chi connectivity index (χ2n) is 4.98. The van der Waals surface area contributed by atoms with E-state index in [1.165, 1.54) is 18.2 Å². The van der Waals surface area contributed by atoms with Crippen molar-refractivity contribution in [3.63, 3.8) is 0 Å². The van der Waals surface area contributed by atoms with Crippen LogP contribution in [0, 0.1) is 0 Å². The van der Waals surface area contributed by atoms with Crippen molar-refractivity contribution in [2.24, 2.45) is 0 Å². The fraction of sp³-hybridized carbons (Fsp3) is 0. The first kappa shape index (κ1) is 17.1. The van der Waals surface area contributed by atoms with E-state index in [-0.39, 0.29) is 15.8 Å². The Morgan fingerprint density at radius 2 is 1.96 bits per heavy atom. The highest BCUT2D eigenvalue weighted by atomic mass is 35.5. The lowest BCUT2D eigenvalue weighted by Crippen LogP contribution is -1.97. The number of phenolic OH excluding ortho intramolecular Hbond substituents is 1. The van der Waals surface area contributed by atoms with Gasteiger partial charge in [0.05, 0.1) is 0 Å². The minimum Gasteiger partial charge on any atom is -0.508 e. The molecule has 0 saturated heterocycles. The summed E-state index contributed by atoms with van der Waals surface area (Å²) in [6, 6.07) is 13.4. The third-order valence-corrected chi connectivity index (χ3v) is 4.29. The summed E-state index contributed by atoms with van der Waals surface area (Å²) >= 11 is 6.77. The Balaban J connectivity index is 1.84. The van der Waals surface area contributed by atoms with E-state index >= 15 is 0 Å². The fourth-order valence-electron chi connectivity index (χ4n) is 2.03. The first-order valence-corrected chi connectivity index (χ1v) is 8.31. The number of phenols is 1. The molecule has 3 N–H and O–H groups in total. The van der Waals surface area contributed by atoms with Gasteiger partial charge in [0, 0.05) is 10.6 Å². The third kappa shape index (κ3) is 4.40. The number of benzene rings is 2. The molecule has 0 unspecified atom stereocenters. The number of nitrogens with zero attached hydrogens (tertiary/aromatic N) is 2. The number of aromatic hydroxyl groups is 1. The lowest BCUT2D eigenvalue weighted by Gasteiger charge is -2.00. The first-order chi connectivity index (χ1) is 12.0. The predicted molar refractivity (Wildman–Crippen MR) is 96.4 cm³/mol. The molecule has 0 aliphatic carbocycles. The maximum absolute atomic E-state index is 11.5. The molecule has 0 bridgehead atoms. The van der Waals surface area contributed by atoms with Gasteiger partial charge in [0.25, 0.3) is 0 Å². The number of aromatic nitrogens is 3. The number of rotatable bonds is 5. The zero-order valence-corrected chi connectivity index (χ0v) is 14.3. The smallest absolute Gasteiger partial charge is 0.342 e. The standard InChI is InChI=1S/C17H12ClN3O3S/c18-12-6-4-11(5-7-12)15-19-17(21-20-15)25-14(16(23)24)9-10-2-1-3-13(22)8-10/h1-9,22H,(H,23,24)(H,19,20,21)/b14-9-.